The van der Waals surface area contributed by atoms with E-state index in [4.69, 9.17) is 9.47 Å². The fraction of sp³-hybridized carbons (Fsp3) is 0.286. The van der Waals surface area contributed by atoms with Crippen LogP contribution in [-0.4, -0.2) is 12.7 Å². The van der Waals surface area contributed by atoms with Gasteiger partial charge in [0.25, 0.3) is 0 Å². The average Bonchev–Trinajstić information content (AvgIpc) is 2.75. The lowest BCUT2D eigenvalue weighted by atomic mass is 10.0. The molecule has 0 unspecified atom stereocenters. The van der Waals surface area contributed by atoms with Crippen molar-refractivity contribution in [2.45, 2.75) is 19.3 Å². The van der Waals surface area contributed by atoms with Crippen molar-refractivity contribution in [2.24, 2.45) is 0 Å². The van der Waals surface area contributed by atoms with Gasteiger partial charge in [0.1, 0.15) is 0 Å². The van der Waals surface area contributed by atoms with Gasteiger partial charge in [-0.25, -0.2) is 0 Å². The van der Waals surface area contributed by atoms with E-state index >= 15 is 0 Å². The van der Waals surface area contributed by atoms with Crippen LogP contribution in [-0.2, 0) is 9.47 Å². The van der Waals surface area contributed by atoms with Gasteiger partial charge in [-0.1, -0.05) is 42.5 Å². The Morgan fingerprint density at radius 1 is 1.06 bits per heavy atom. The van der Waals surface area contributed by atoms with Crippen LogP contribution in [0.3, 0.4) is 0 Å². The molecule has 1 aliphatic rings. The molecule has 1 fully saturated rings. The molecule has 2 aromatic rings. The number of hydrogen-bond acceptors (Lipinski definition) is 2. The van der Waals surface area contributed by atoms with E-state index in [0.717, 1.165) is 5.56 Å². The minimum atomic E-state index is -0.207. The highest BCUT2D eigenvalue weighted by Gasteiger charge is 2.25. The summed E-state index contributed by atoms with van der Waals surface area (Å²) in [4.78, 5) is 0. The molecule has 1 heterocycles. The molecule has 0 saturated carbocycles. The van der Waals surface area contributed by atoms with E-state index in [1.54, 1.807) is 0 Å². The molecule has 1 saturated heterocycles. The molecule has 2 atom stereocenters. The third-order valence-electron chi connectivity index (χ3n) is 2.92. The molecule has 0 N–H and O–H groups in total. The Bertz CT molecular complexity index is 502. The Kier molecular flexibility index (Phi) is 2.39. The SMILES string of the molecule is C[C@H]1CO[C@@H](c2cccc3ccccc23)O1. The minimum Gasteiger partial charge on any atom is -0.346 e. The Hall–Kier alpha value is -1.38. The average molecular weight is 214 g/mol. The molecule has 2 nitrogen and oxygen atoms in total. The zero-order chi connectivity index (χ0) is 11.0. The molecule has 3 rings (SSSR count). The van der Waals surface area contributed by atoms with Gasteiger partial charge < -0.3 is 9.47 Å². The van der Waals surface area contributed by atoms with Crippen LogP contribution in [0.1, 0.15) is 18.8 Å². The van der Waals surface area contributed by atoms with Gasteiger partial charge in [-0.2, -0.15) is 0 Å². The summed E-state index contributed by atoms with van der Waals surface area (Å²) in [5.41, 5.74) is 1.13. The molecule has 0 amide bonds. The lowest BCUT2D eigenvalue weighted by Crippen LogP contribution is -2.03. The van der Waals surface area contributed by atoms with Crippen LogP contribution < -0.4 is 0 Å². The second kappa shape index (κ2) is 3.89. The van der Waals surface area contributed by atoms with Crippen molar-refractivity contribution in [2.75, 3.05) is 6.61 Å². The first-order valence-electron chi connectivity index (χ1n) is 5.59. The maximum atomic E-state index is 5.73. The first-order chi connectivity index (χ1) is 7.84. The van der Waals surface area contributed by atoms with E-state index in [2.05, 4.69) is 24.3 Å². The maximum Gasteiger partial charge on any atom is 0.184 e. The number of rotatable bonds is 1. The molecule has 2 heteroatoms. The molecular weight excluding hydrogens is 200 g/mol. The zero-order valence-corrected chi connectivity index (χ0v) is 9.22. The highest BCUT2D eigenvalue weighted by Crippen LogP contribution is 2.31. The topological polar surface area (TPSA) is 18.5 Å². The van der Waals surface area contributed by atoms with Gasteiger partial charge in [-0.15, -0.1) is 0 Å². The number of fused-ring (bicyclic) bond motifs is 1. The summed E-state index contributed by atoms with van der Waals surface area (Å²) in [6.07, 6.45) is -0.0231. The normalized spacial score (nSPS) is 25.1. The van der Waals surface area contributed by atoms with Crippen LogP contribution in [0.25, 0.3) is 10.8 Å². The van der Waals surface area contributed by atoms with Gasteiger partial charge in [0, 0.05) is 5.56 Å². The van der Waals surface area contributed by atoms with Crippen molar-refractivity contribution in [1.29, 1.82) is 0 Å². The monoisotopic (exact) mass is 214 g/mol. The van der Waals surface area contributed by atoms with E-state index < -0.39 is 0 Å². The Balaban J connectivity index is 2.09. The van der Waals surface area contributed by atoms with Crippen molar-refractivity contribution in [1.82, 2.24) is 0 Å². The van der Waals surface area contributed by atoms with Crippen LogP contribution in [0.2, 0.25) is 0 Å². The van der Waals surface area contributed by atoms with Crippen LogP contribution in [0, 0.1) is 0 Å². The summed E-state index contributed by atoms with van der Waals surface area (Å²) in [5.74, 6) is 0. The lowest BCUT2D eigenvalue weighted by molar-refractivity contribution is -0.0561. The lowest BCUT2D eigenvalue weighted by Gasteiger charge is -2.12. The molecule has 1 aliphatic heterocycles. The van der Waals surface area contributed by atoms with Gasteiger partial charge in [-0.3, -0.25) is 0 Å². The molecule has 0 aromatic heterocycles. The second-order valence-corrected chi connectivity index (χ2v) is 4.18. The second-order valence-electron chi connectivity index (χ2n) is 4.18. The van der Waals surface area contributed by atoms with E-state index in [-0.39, 0.29) is 12.4 Å². The predicted octanol–water partition coefficient (Wildman–Crippen LogP) is 3.27. The summed E-state index contributed by atoms with van der Waals surface area (Å²) in [7, 11) is 0. The third kappa shape index (κ3) is 1.60. The Labute approximate surface area is 94.8 Å². The van der Waals surface area contributed by atoms with Gasteiger partial charge in [0.2, 0.25) is 0 Å². The number of benzene rings is 2. The molecule has 0 aliphatic carbocycles. The van der Waals surface area contributed by atoms with Crippen LogP contribution in [0.4, 0.5) is 0 Å². The van der Waals surface area contributed by atoms with Gasteiger partial charge in [-0.05, 0) is 17.7 Å². The van der Waals surface area contributed by atoms with E-state index in [1.807, 2.05) is 25.1 Å². The first-order valence-corrected chi connectivity index (χ1v) is 5.59. The van der Waals surface area contributed by atoms with Crippen molar-refractivity contribution in [3.05, 3.63) is 48.0 Å². The van der Waals surface area contributed by atoms with E-state index in [9.17, 15) is 0 Å². The quantitative estimate of drug-likeness (QED) is 0.725. The number of hydrogen-bond donors (Lipinski definition) is 0. The number of ether oxygens (including phenoxy) is 2. The molecule has 0 spiro atoms. The van der Waals surface area contributed by atoms with Crippen LogP contribution in [0.15, 0.2) is 42.5 Å². The highest BCUT2D eigenvalue weighted by molar-refractivity contribution is 5.85. The van der Waals surface area contributed by atoms with Crippen LogP contribution in [0.5, 0.6) is 0 Å². The molecule has 0 radical (unpaired) electrons. The Morgan fingerprint density at radius 3 is 2.69 bits per heavy atom. The summed E-state index contributed by atoms with van der Waals surface area (Å²) >= 11 is 0. The first kappa shape index (κ1) is 9.82. The fourth-order valence-electron chi connectivity index (χ4n) is 2.13. The van der Waals surface area contributed by atoms with E-state index in [0.29, 0.717) is 6.61 Å². The summed E-state index contributed by atoms with van der Waals surface area (Å²) in [5, 5.41) is 2.44. The molecular formula is C14H14O2. The van der Waals surface area contributed by atoms with Crippen molar-refractivity contribution in [3.63, 3.8) is 0 Å². The highest BCUT2D eigenvalue weighted by atomic mass is 16.7. The predicted molar refractivity (Wildman–Crippen MR) is 63.2 cm³/mol. The van der Waals surface area contributed by atoms with Gasteiger partial charge >= 0.3 is 0 Å². The van der Waals surface area contributed by atoms with E-state index in [1.165, 1.54) is 10.8 Å². The molecule has 16 heavy (non-hydrogen) atoms. The molecule has 2 aromatic carbocycles. The summed E-state index contributed by atoms with van der Waals surface area (Å²) in [6, 6.07) is 14.5. The van der Waals surface area contributed by atoms with Crippen molar-refractivity contribution < 1.29 is 9.47 Å². The van der Waals surface area contributed by atoms with Crippen LogP contribution >= 0.6 is 0 Å². The minimum absolute atomic E-state index is 0.184. The molecule has 0 bridgehead atoms. The summed E-state index contributed by atoms with van der Waals surface area (Å²) < 4.78 is 11.4. The fourth-order valence-corrected chi connectivity index (χ4v) is 2.13. The largest absolute Gasteiger partial charge is 0.346 e. The zero-order valence-electron chi connectivity index (χ0n) is 9.22. The van der Waals surface area contributed by atoms with Crippen molar-refractivity contribution in [3.8, 4) is 0 Å². The third-order valence-corrected chi connectivity index (χ3v) is 2.92. The maximum absolute atomic E-state index is 5.73. The summed E-state index contributed by atoms with van der Waals surface area (Å²) in [6.45, 7) is 2.71. The van der Waals surface area contributed by atoms with Crippen molar-refractivity contribution >= 4 is 10.8 Å². The smallest absolute Gasteiger partial charge is 0.184 e. The standard InChI is InChI=1S/C14H14O2/c1-10-9-15-14(16-10)13-8-4-6-11-5-2-3-7-12(11)13/h2-8,10,14H,9H2,1H3/t10-,14+/m0/s1. The van der Waals surface area contributed by atoms with Gasteiger partial charge in [0.05, 0.1) is 12.7 Å². The van der Waals surface area contributed by atoms with Gasteiger partial charge in [0.15, 0.2) is 6.29 Å². The molecule has 82 valence electrons. The Morgan fingerprint density at radius 2 is 1.88 bits per heavy atom.